The van der Waals surface area contributed by atoms with Crippen LogP contribution in [0.4, 0.5) is 0 Å². The van der Waals surface area contributed by atoms with Gasteiger partial charge in [-0.15, -0.1) is 0 Å². The maximum Gasteiger partial charge on any atom is 0.472 e. The van der Waals surface area contributed by atoms with Gasteiger partial charge in [0.1, 0.15) is 12.6 Å². The molecule has 328 valence electrons. The lowest BCUT2D eigenvalue weighted by molar-refractivity contribution is -0.157. The van der Waals surface area contributed by atoms with Crippen molar-refractivity contribution in [3.8, 4) is 0 Å². The Bertz CT molecular complexity index is 1050. The van der Waals surface area contributed by atoms with E-state index in [2.05, 4.69) is 18.4 Å². The molecular formula is C44H82NO10P. The molecule has 11 nitrogen and oxygen atoms in total. The molecule has 0 aliphatic heterocycles. The van der Waals surface area contributed by atoms with Crippen molar-refractivity contribution >= 4 is 25.7 Å². The number of esters is 2. The van der Waals surface area contributed by atoms with Crippen LogP contribution in [-0.2, 0) is 37.5 Å². The topological polar surface area (TPSA) is 172 Å². The van der Waals surface area contributed by atoms with E-state index in [1.807, 2.05) is 6.08 Å². The summed E-state index contributed by atoms with van der Waals surface area (Å²) in [4.78, 5) is 45.8. The van der Waals surface area contributed by atoms with Crippen LogP contribution in [0.5, 0.6) is 0 Å². The van der Waals surface area contributed by atoms with Gasteiger partial charge < -0.3 is 25.2 Å². The average Bonchev–Trinajstić information content (AvgIpc) is 3.17. The van der Waals surface area contributed by atoms with Gasteiger partial charge in [-0.3, -0.25) is 18.6 Å². The molecule has 0 saturated heterocycles. The third kappa shape index (κ3) is 38.8. The summed E-state index contributed by atoms with van der Waals surface area (Å²) in [5.74, 6) is -2.63. The second kappa shape index (κ2) is 39.8. The molecule has 0 aromatic heterocycles. The molecule has 0 radical (unpaired) electrons. The number of phosphoric acid groups is 1. The fourth-order valence-electron chi connectivity index (χ4n) is 6.27. The Morgan fingerprint density at radius 2 is 1.00 bits per heavy atom. The van der Waals surface area contributed by atoms with Gasteiger partial charge in [-0.05, 0) is 19.3 Å². The van der Waals surface area contributed by atoms with Gasteiger partial charge in [0.15, 0.2) is 6.10 Å². The maximum atomic E-state index is 12.5. The van der Waals surface area contributed by atoms with Crippen LogP contribution in [-0.4, -0.2) is 59.9 Å². The van der Waals surface area contributed by atoms with Crippen molar-refractivity contribution in [2.45, 2.75) is 219 Å². The first-order valence-corrected chi connectivity index (χ1v) is 23.9. The number of nitrogens with two attached hydrogens (primary N) is 1. The third-order valence-electron chi connectivity index (χ3n) is 9.81. The number of rotatable bonds is 42. The molecule has 0 heterocycles. The molecule has 4 N–H and O–H groups in total. The Morgan fingerprint density at radius 3 is 1.45 bits per heavy atom. The van der Waals surface area contributed by atoms with E-state index in [4.69, 9.17) is 24.8 Å². The van der Waals surface area contributed by atoms with E-state index >= 15 is 0 Å². The van der Waals surface area contributed by atoms with E-state index in [0.717, 1.165) is 32.1 Å². The smallest absolute Gasteiger partial charge is 0.472 e. The van der Waals surface area contributed by atoms with E-state index in [9.17, 15) is 23.8 Å². The number of allylic oxidation sites excluding steroid dienone is 3. The first-order valence-electron chi connectivity index (χ1n) is 22.4. The number of aliphatic carboxylic acids is 1. The number of unbranched alkanes of at least 4 members (excludes halogenated alkanes) is 27. The number of carbonyl (C=O) groups is 3. The van der Waals surface area contributed by atoms with Crippen LogP contribution < -0.4 is 5.73 Å². The van der Waals surface area contributed by atoms with Crippen LogP contribution in [0.2, 0.25) is 0 Å². The lowest BCUT2D eigenvalue weighted by Gasteiger charge is -2.19. The van der Waals surface area contributed by atoms with Crippen molar-refractivity contribution in [1.82, 2.24) is 0 Å². The third-order valence-corrected chi connectivity index (χ3v) is 10.8. The molecule has 0 aliphatic rings. The molecule has 0 spiro atoms. The quantitative estimate of drug-likeness (QED) is 0.0176. The fourth-order valence-corrected chi connectivity index (χ4v) is 7.05. The van der Waals surface area contributed by atoms with Gasteiger partial charge in [0.2, 0.25) is 0 Å². The summed E-state index contributed by atoms with van der Waals surface area (Å²) in [5.41, 5.74) is 5.32. The van der Waals surface area contributed by atoms with Gasteiger partial charge in [0, 0.05) is 12.5 Å². The van der Waals surface area contributed by atoms with Crippen molar-refractivity contribution in [2.24, 2.45) is 5.73 Å². The number of phosphoric ester groups is 1. The maximum absolute atomic E-state index is 12.5. The van der Waals surface area contributed by atoms with E-state index < -0.39 is 51.1 Å². The van der Waals surface area contributed by atoms with Crippen LogP contribution >= 0.6 is 7.82 Å². The first kappa shape index (κ1) is 54.0. The fraction of sp³-hybridized carbons (Fsp3) is 0.841. The molecule has 0 fully saturated rings. The molecule has 1 unspecified atom stereocenters. The lowest BCUT2D eigenvalue weighted by Crippen LogP contribution is -2.34. The Balaban J connectivity index is 4.40. The van der Waals surface area contributed by atoms with Crippen molar-refractivity contribution in [3.63, 3.8) is 0 Å². The molecule has 0 rings (SSSR count). The summed E-state index contributed by atoms with van der Waals surface area (Å²) < 4.78 is 32.5. The number of ether oxygens (including phenoxy) is 2. The van der Waals surface area contributed by atoms with Crippen LogP contribution in [0.1, 0.15) is 206 Å². The van der Waals surface area contributed by atoms with Crippen molar-refractivity contribution in [1.29, 1.82) is 0 Å². The monoisotopic (exact) mass is 816 g/mol. The zero-order valence-electron chi connectivity index (χ0n) is 35.5. The predicted molar refractivity (Wildman–Crippen MR) is 226 cm³/mol. The Morgan fingerprint density at radius 1 is 0.589 bits per heavy atom. The zero-order chi connectivity index (χ0) is 41.4. The highest BCUT2D eigenvalue weighted by atomic mass is 31.2. The molecule has 0 saturated carbocycles. The van der Waals surface area contributed by atoms with Crippen LogP contribution in [0.25, 0.3) is 0 Å². The molecule has 12 heteroatoms. The van der Waals surface area contributed by atoms with Crippen molar-refractivity contribution in [3.05, 3.63) is 24.3 Å². The van der Waals surface area contributed by atoms with Gasteiger partial charge in [-0.25, -0.2) is 9.36 Å². The molecule has 0 aromatic carbocycles. The summed E-state index contributed by atoms with van der Waals surface area (Å²) in [7, 11) is -4.74. The van der Waals surface area contributed by atoms with Gasteiger partial charge in [0.05, 0.1) is 13.2 Å². The highest BCUT2D eigenvalue weighted by molar-refractivity contribution is 7.47. The summed E-state index contributed by atoms with van der Waals surface area (Å²) in [6.07, 6.45) is 41.6. The predicted octanol–water partition coefficient (Wildman–Crippen LogP) is 11.8. The normalized spacial score (nSPS) is 13.9. The largest absolute Gasteiger partial charge is 0.480 e. The highest BCUT2D eigenvalue weighted by Gasteiger charge is 2.28. The number of hydrogen-bond donors (Lipinski definition) is 3. The van der Waals surface area contributed by atoms with Crippen molar-refractivity contribution < 1.29 is 47.5 Å². The molecule has 0 aromatic rings. The summed E-state index contributed by atoms with van der Waals surface area (Å²) >= 11 is 0. The Labute approximate surface area is 340 Å². The summed E-state index contributed by atoms with van der Waals surface area (Å²) in [6, 6.07) is -1.53. The minimum absolute atomic E-state index is 0.207. The number of carboxylic acids is 1. The standard InChI is InChI=1S/C44H82NO10P/c1-3-5-7-9-11-13-15-17-19-20-22-23-25-27-29-31-33-35-42(46)52-37-40(38-53-56(50,51)54-39-41(45)44(48)49)55-43(47)36-34-32-30-28-26-24-21-18-16-14-12-10-8-6-4-2/h30,32,34,36,40-41H,3-29,31,33,35,37-39,45H2,1-2H3,(H,48,49)(H,50,51)/b32-30+,36-34+/t40-,41+/m1/s1. The molecule has 0 amide bonds. The van der Waals surface area contributed by atoms with E-state index in [0.29, 0.717) is 6.42 Å². The van der Waals surface area contributed by atoms with Crippen LogP contribution in [0.15, 0.2) is 24.3 Å². The van der Waals surface area contributed by atoms with E-state index in [-0.39, 0.29) is 13.0 Å². The van der Waals surface area contributed by atoms with Gasteiger partial charge in [0.25, 0.3) is 0 Å². The van der Waals surface area contributed by atoms with E-state index in [1.165, 1.54) is 154 Å². The lowest BCUT2D eigenvalue weighted by atomic mass is 10.0. The van der Waals surface area contributed by atoms with Crippen molar-refractivity contribution in [2.75, 3.05) is 19.8 Å². The second-order valence-corrected chi connectivity index (χ2v) is 16.7. The SMILES string of the molecule is CCCCCCCCCCCCC/C=C/C=C/C(=O)O[C@H](COC(=O)CCCCCCCCCCCCCCCCCCC)COP(=O)(O)OC[C@H](N)C(=O)O. The van der Waals surface area contributed by atoms with Gasteiger partial charge >= 0.3 is 25.7 Å². The van der Waals surface area contributed by atoms with Crippen LogP contribution in [0.3, 0.4) is 0 Å². The molecule has 0 bridgehead atoms. The minimum Gasteiger partial charge on any atom is -0.480 e. The Kier molecular flexibility index (Phi) is 38.3. The first-order chi connectivity index (χ1) is 27.1. The molecule has 0 aliphatic carbocycles. The molecular weight excluding hydrogens is 733 g/mol. The van der Waals surface area contributed by atoms with E-state index in [1.54, 1.807) is 12.2 Å². The number of hydrogen-bond acceptors (Lipinski definition) is 9. The summed E-state index contributed by atoms with van der Waals surface area (Å²) in [5, 5.41) is 8.88. The highest BCUT2D eigenvalue weighted by Crippen LogP contribution is 2.43. The molecule has 3 atom stereocenters. The summed E-state index contributed by atoms with van der Waals surface area (Å²) in [6.45, 7) is 2.71. The van der Waals surface area contributed by atoms with Gasteiger partial charge in [-0.1, -0.05) is 199 Å². The van der Waals surface area contributed by atoms with Crippen LogP contribution in [0, 0.1) is 0 Å². The van der Waals surface area contributed by atoms with Gasteiger partial charge in [-0.2, -0.15) is 0 Å². The second-order valence-electron chi connectivity index (χ2n) is 15.3. The molecule has 56 heavy (non-hydrogen) atoms. The average molecular weight is 816 g/mol. The minimum atomic E-state index is -4.74. The number of carbonyl (C=O) groups excluding carboxylic acids is 2. The zero-order valence-corrected chi connectivity index (χ0v) is 36.4. The number of carboxylic acid groups (broad SMARTS) is 1. The Hall–Kier alpha value is -2.04.